The van der Waals surface area contributed by atoms with E-state index in [2.05, 4.69) is 29.8 Å². The lowest BCUT2D eigenvalue weighted by Gasteiger charge is -2.13. The molecule has 0 radical (unpaired) electrons. The molecule has 0 unspecified atom stereocenters. The maximum Gasteiger partial charge on any atom is 0.195 e. The lowest BCUT2D eigenvalue weighted by atomic mass is 9.94. The van der Waals surface area contributed by atoms with Gasteiger partial charge in [-0.15, -0.1) is 0 Å². The molecule has 2 aromatic carbocycles. The fourth-order valence-electron chi connectivity index (χ4n) is 2.04. The summed E-state index contributed by atoms with van der Waals surface area (Å²) in [7, 11) is 0. The zero-order valence-electron chi connectivity index (χ0n) is 11.0. The van der Waals surface area contributed by atoms with Crippen molar-refractivity contribution in [3.05, 3.63) is 63.6 Å². The maximum atomic E-state index is 12.5. The molecule has 19 heavy (non-hydrogen) atoms. The number of nitrogen functional groups attached to an aromatic ring is 1. The number of hydrogen-bond donors (Lipinski definition) is 1. The molecule has 2 N–H and O–H groups in total. The van der Waals surface area contributed by atoms with Crippen molar-refractivity contribution in [2.45, 2.75) is 19.8 Å². The largest absolute Gasteiger partial charge is 0.398 e. The summed E-state index contributed by atoms with van der Waals surface area (Å²) >= 11 is 3.36. The van der Waals surface area contributed by atoms with E-state index in [4.69, 9.17) is 5.73 Å². The van der Waals surface area contributed by atoms with E-state index in [1.165, 1.54) is 0 Å². The van der Waals surface area contributed by atoms with Crippen LogP contribution in [-0.2, 0) is 0 Å². The molecular weight excluding hydrogens is 302 g/mol. The van der Waals surface area contributed by atoms with E-state index < -0.39 is 0 Å². The van der Waals surface area contributed by atoms with E-state index >= 15 is 0 Å². The number of halogens is 1. The third-order valence-electron chi connectivity index (χ3n) is 3.11. The lowest BCUT2D eigenvalue weighted by molar-refractivity contribution is 0.103. The number of anilines is 1. The standard InChI is InChI=1S/C16H16BrNO/c1-10(2)13-4-3-5-14(15(13)18)16(19)11-6-8-12(17)9-7-11/h3-10H,18H2,1-2H3. The first-order valence-corrected chi connectivity index (χ1v) is 6.98. The molecule has 0 saturated carbocycles. The minimum Gasteiger partial charge on any atom is -0.398 e. The van der Waals surface area contributed by atoms with E-state index in [0.29, 0.717) is 22.7 Å². The van der Waals surface area contributed by atoms with Gasteiger partial charge in [-0.2, -0.15) is 0 Å². The molecule has 0 spiro atoms. The Hall–Kier alpha value is -1.61. The predicted octanol–water partition coefficient (Wildman–Crippen LogP) is 4.39. The Morgan fingerprint density at radius 2 is 1.74 bits per heavy atom. The summed E-state index contributed by atoms with van der Waals surface area (Å²) in [6, 6.07) is 13.0. The van der Waals surface area contributed by atoms with Crippen LogP contribution in [0.5, 0.6) is 0 Å². The number of nitrogens with two attached hydrogens (primary N) is 1. The van der Waals surface area contributed by atoms with E-state index in [9.17, 15) is 4.79 Å². The SMILES string of the molecule is CC(C)c1cccc(C(=O)c2ccc(Br)cc2)c1N. The second kappa shape index (κ2) is 5.57. The molecule has 0 aliphatic carbocycles. The van der Waals surface area contributed by atoms with E-state index in [1.54, 1.807) is 18.2 Å². The molecule has 0 amide bonds. The van der Waals surface area contributed by atoms with Gasteiger partial charge in [0.1, 0.15) is 0 Å². The molecular formula is C16H16BrNO. The Kier molecular flexibility index (Phi) is 4.05. The zero-order chi connectivity index (χ0) is 14.0. The Balaban J connectivity index is 2.44. The first-order valence-electron chi connectivity index (χ1n) is 6.19. The maximum absolute atomic E-state index is 12.5. The summed E-state index contributed by atoms with van der Waals surface area (Å²) in [5, 5.41) is 0. The molecule has 0 aromatic heterocycles. The molecule has 0 atom stereocenters. The van der Waals surface area contributed by atoms with Crippen LogP contribution in [0, 0.1) is 0 Å². The number of ketones is 1. The van der Waals surface area contributed by atoms with Crippen LogP contribution in [0.1, 0.15) is 41.3 Å². The number of benzene rings is 2. The lowest BCUT2D eigenvalue weighted by Crippen LogP contribution is -2.08. The van der Waals surface area contributed by atoms with Crippen LogP contribution in [-0.4, -0.2) is 5.78 Å². The molecule has 2 nitrogen and oxygen atoms in total. The fraction of sp³-hybridized carbons (Fsp3) is 0.188. The first kappa shape index (κ1) is 13.8. The molecule has 2 aromatic rings. The van der Waals surface area contributed by atoms with Gasteiger partial charge in [0.15, 0.2) is 5.78 Å². The molecule has 0 aliphatic rings. The van der Waals surface area contributed by atoms with Crippen LogP contribution in [0.4, 0.5) is 5.69 Å². The number of carbonyl (C=O) groups excluding carboxylic acids is 1. The van der Waals surface area contributed by atoms with Gasteiger partial charge in [0.05, 0.1) is 0 Å². The molecule has 98 valence electrons. The quantitative estimate of drug-likeness (QED) is 0.674. The van der Waals surface area contributed by atoms with E-state index in [-0.39, 0.29) is 5.78 Å². The molecule has 3 heteroatoms. The Labute approximate surface area is 121 Å². The highest BCUT2D eigenvalue weighted by molar-refractivity contribution is 9.10. The second-order valence-electron chi connectivity index (χ2n) is 4.80. The van der Waals surface area contributed by atoms with Crippen molar-refractivity contribution in [2.24, 2.45) is 0 Å². The summed E-state index contributed by atoms with van der Waals surface area (Å²) in [4.78, 5) is 12.5. The van der Waals surface area contributed by atoms with Crippen molar-refractivity contribution in [1.29, 1.82) is 0 Å². The number of para-hydroxylation sites is 1. The normalized spacial score (nSPS) is 10.7. The van der Waals surface area contributed by atoms with Crippen molar-refractivity contribution < 1.29 is 4.79 Å². The van der Waals surface area contributed by atoms with Gasteiger partial charge in [-0.3, -0.25) is 4.79 Å². The van der Waals surface area contributed by atoms with Crippen LogP contribution in [0.15, 0.2) is 46.9 Å². The third kappa shape index (κ3) is 2.87. The smallest absolute Gasteiger partial charge is 0.195 e. The van der Waals surface area contributed by atoms with Crippen molar-refractivity contribution in [3.8, 4) is 0 Å². The van der Waals surface area contributed by atoms with Gasteiger partial charge in [0.25, 0.3) is 0 Å². The van der Waals surface area contributed by atoms with Crippen LogP contribution < -0.4 is 5.73 Å². The summed E-state index contributed by atoms with van der Waals surface area (Å²) in [6.45, 7) is 4.14. The van der Waals surface area contributed by atoms with Crippen LogP contribution in [0.3, 0.4) is 0 Å². The Bertz CT molecular complexity index is 603. The summed E-state index contributed by atoms with van der Waals surface area (Å²) in [6.07, 6.45) is 0. The first-order chi connectivity index (χ1) is 9.00. The second-order valence-corrected chi connectivity index (χ2v) is 5.71. The summed E-state index contributed by atoms with van der Waals surface area (Å²) in [5.74, 6) is 0.269. The van der Waals surface area contributed by atoms with Crippen molar-refractivity contribution in [3.63, 3.8) is 0 Å². The number of carbonyl (C=O) groups is 1. The average Bonchev–Trinajstić information content (AvgIpc) is 2.38. The van der Waals surface area contributed by atoms with Crippen LogP contribution in [0.2, 0.25) is 0 Å². The molecule has 0 aliphatic heterocycles. The third-order valence-corrected chi connectivity index (χ3v) is 3.64. The fourth-order valence-corrected chi connectivity index (χ4v) is 2.31. The van der Waals surface area contributed by atoms with Crippen molar-refractivity contribution in [1.82, 2.24) is 0 Å². The van der Waals surface area contributed by atoms with Gasteiger partial charge in [-0.05, 0) is 41.8 Å². The van der Waals surface area contributed by atoms with E-state index in [0.717, 1.165) is 10.0 Å². The van der Waals surface area contributed by atoms with Gasteiger partial charge < -0.3 is 5.73 Å². The van der Waals surface area contributed by atoms with Crippen molar-refractivity contribution in [2.75, 3.05) is 5.73 Å². The van der Waals surface area contributed by atoms with Crippen LogP contribution >= 0.6 is 15.9 Å². The topological polar surface area (TPSA) is 43.1 Å². The highest BCUT2D eigenvalue weighted by Gasteiger charge is 2.15. The van der Waals surface area contributed by atoms with Gasteiger partial charge in [-0.1, -0.05) is 41.9 Å². The molecule has 0 heterocycles. The average molecular weight is 318 g/mol. The Morgan fingerprint density at radius 1 is 1.11 bits per heavy atom. The monoisotopic (exact) mass is 317 g/mol. The predicted molar refractivity (Wildman–Crippen MR) is 82.5 cm³/mol. The van der Waals surface area contributed by atoms with Crippen molar-refractivity contribution >= 4 is 27.4 Å². The minimum atomic E-state index is -0.0347. The summed E-state index contributed by atoms with van der Waals surface area (Å²) in [5.41, 5.74) is 8.95. The van der Waals surface area contributed by atoms with Gasteiger partial charge >= 0.3 is 0 Å². The Morgan fingerprint density at radius 3 is 2.32 bits per heavy atom. The van der Waals surface area contributed by atoms with Crippen LogP contribution in [0.25, 0.3) is 0 Å². The molecule has 0 saturated heterocycles. The number of hydrogen-bond acceptors (Lipinski definition) is 2. The minimum absolute atomic E-state index is 0.0347. The number of rotatable bonds is 3. The summed E-state index contributed by atoms with van der Waals surface area (Å²) < 4.78 is 0.952. The zero-order valence-corrected chi connectivity index (χ0v) is 12.6. The molecule has 0 fully saturated rings. The molecule has 2 rings (SSSR count). The van der Waals surface area contributed by atoms with Gasteiger partial charge in [0, 0.05) is 21.3 Å². The molecule has 0 bridgehead atoms. The highest BCUT2D eigenvalue weighted by Crippen LogP contribution is 2.27. The van der Waals surface area contributed by atoms with Gasteiger partial charge in [-0.25, -0.2) is 0 Å². The highest BCUT2D eigenvalue weighted by atomic mass is 79.9. The van der Waals surface area contributed by atoms with Gasteiger partial charge in [0.2, 0.25) is 0 Å². The van der Waals surface area contributed by atoms with E-state index in [1.807, 2.05) is 24.3 Å².